The number of aryl methyl sites for hydroxylation is 1. The number of thiophene rings is 1. The molecule has 6 nitrogen and oxygen atoms in total. The summed E-state index contributed by atoms with van der Waals surface area (Å²) in [6, 6.07) is 48.1. The first-order chi connectivity index (χ1) is 30.5. The largest absolute Gasteiger partial charge is 0.509 e. The second-order valence-corrected chi connectivity index (χ2v) is 21.4. The molecule has 0 saturated heterocycles. The Morgan fingerprint density at radius 3 is 2.12 bits per heavy atom. The van der Waals surface area contributed by atoms with Crippen LogP contribution in [0, 0.1) is 25.7 Å². The summed E-state index contributed by atoms with van der Waals surface area (Å²) in [6.45, 7) is 24.8. The number of anilines is 4. The molecule has 4 aromatic heterocycles. The molecule has 0 unspecified atom stereocenters. The van der Waals surface area contributed by atoms with Crippen molar-refractivity contribution in [1.82, 2.24) is 9.55 Å². The summed E-state index contributed by atoms with van der Waals surface area (Å²) in [5.41, 5.74) is 10.6. The predicted octanol–water partition coefficient (Wildman–Crippen LogP) is 16.3. The van der Waals surface area contributed by atoms with Crippen molar-refractivity contribution >= 4 is 87.2 Å². The van der Waals surface area contributed by atoms with Gasteiger partial charge in [-0.15, -0.1) is 59.4 Å². The van der Waals surface area contributed by atoms with Crippen molar-refractivity contribution < 1.29 is 30.2 Å². The fourth-order valence-electron chi connectivity index (χ4n) is 9.35. The van der Waals surface area contributed by atoms with Crippen molar-refractivity contribution in [1.29, 1.82) is 0 Å². The summed E-state index contributed by atoms with van der Waals surface area (Å²) in [5.74, 6) is 2.81. The van der Waals surface area contributed by atoms with Crippen molar-refractivity contribution in [2.24, 2.45) is 0 Å². The molecule has 10 aromatic rings. The maximum absolute atomic E-state index is 6.77. The Morgan fingerprint density at radius 1 is 0.631 bits per heavy atom. The fourth-order valence-corrected chi connectivity index (χ4v) is 10.5. The van der Waals surface area contributed by atoms with Crippen molar-refractivity contribution in [3.8, 4) is 17.3 Å². The third-order valence-electron chi connectivity index (χ3n) is 12.7. The Hall–Kier alpha value is -5.88. The van der Waals surface area contributed by atoms with Gasteiger partial charge in [-0.3, -0.25) is 0 Å². The second-order valence-electron chi connectivity index (χ2n) is 20.3. The Bertz CT molecular complexity index is 3500. The van der Waals surface area contributed by atoms with Gasteiger partial charge in [0.25, 0.3) is 0 Å². The smallest absolute Gasteiger partial charge is 0.194 e. The minimum atomic E-state index is -0.132. The van der Waals surface area contributed by atoms with Crippen LogP contribution in [0.5, 0.6) is 11.5 Å². The summed E-state index contributed by atoms with van der Waals surface area (Å²) in [4.78, 5) is 9.44. The third-order valence-corrected chi connectivity index (χ3v) is 13.8. The van der Waals surface area contributed by atoms with E-state index in [-0.39, 0.29) is 37.3 Å². The first kappa shape index (κ1) is 43.0. The van der Waals surface area contributed by atoms with Crippen LogP contribution in [0.2, 0.25) is 0 Å². The minimum absolute atomic E-state index is 0. The molecule has 0 amide bonds. The first-order valence-electron chi connectivity index (χ1n) is 22.1. The van der Waals surface area contributed by atoms with Crippen LogP contribution in [0.15, 0.2) is 126 Å². The SMILES string of the molecule is Cc1cc(C(C)(C)C)cc(C(C)(C)C)c1N1[CH-]N(c2[c-]c(Oc3[c-]c4c(cc3)c3ccc5sc6ccccc6c5c3n4-c3cc(C(C)(C)C)ccn3)ccc2)c2c1oc1ccccc21.[Pt]. The average molecular weight is 1050 g/mol. The number of fused-ring (bicyclic) bond motifs is 10. The number of nitrogens with zero attached hydrogens (tertiary/aromatic N) is 4. The van der Waals surface area contributed by atoms with Crippen LogP contribution in [-0.2, 0) is 37.3 Å². The van der Waals surface area contributed by atoms with Gasteiger partial charge in [0.1, 0.15) is 11.4 Å². The topological polar surface area (TPSA) is 46.7 Å². The molecule has 0 N–H and O–H groups in total. The zero-order chi connectivity index (χ0) is 44.4. The van der Waals surface area contributed by atoms with Gasteiger partial charge in [-0.05, 0) is 87.2 Å². The predicted molar refractivity (Wildman–Crippen MR) is 268 cm³/mol. The number of hydrogen-bond donors (Lipinski definition) is 0. The molecule has 330 valence electrons. The molecule has 0 spiro atoms. The Kier molecular flexibility index (Phi) is 10.2. The summed E-state index contributed by atoms with van der Waals surface area (Å²) < 4.78 is 18.3. The Morgan fingerprint density at radius 2 is 1.35 bits per heavy atom. The van der Waals surface area contributed by atoms with E-state index in [1.807, 2.05) is 47.9 Å². The normalized spacial score (nSPS) is 13.4. The molecule has 0 saturated carbocycles. The van der Waals surface area contributed by atoms with E-state index in [1.54, 1.807) is 0 Å². The van der Waals surface area contributed by atoms with Crippen molar-refractivity contribution in [2.75, 3.05) is 9.80 Å². The van der Waals surface area contributed by atoms with E-state index in [9.17, 15) is 0 Å². The van der Waals surface area contributed by atoms with E-state index in [4.69, 9.17) is 14.1 Å². The Labute approximate surface area is 399 Å². The van der Waals surface area contributed by atoms with E-state index in [0.29, 0.717) is 11.5 Å². The molecule has 0 bridgehead atoms. The molecule has 0 fully saturated rings. The van der Waals surface area contributed by atoms with E-state index in [2.05, 4.69) is 187 Å². The van der Waals surface area contributed by atoms with Crippen LogP contribution in [-0.4, -0.2) is 9.55 Å². The Balaban J connectivity index is 0.00000498. The van der Waals surface area contributed by atoms with Gasteiger partial charge in [0.2, 0.25) is 0 Å². The number of aromatic nitrogens is 2. The average Bonchev–Trinajstić information content (AvgIpc) is 4.01. The van der Waals surface area contributed by atoms with E-state index in [0.717, 1.165) is 61.5 Å². The summed E-state index contributed by atoms with van der Waals surface area (Å²) >= 11 is 1.83. The maximum atomic E-state index is 6.77. The standard InChI is InChI=1S/C57H51N4O2S.Pt/c1-34-28-36(56(5,6)7)29-44(57(8,9)10)51(34)60-33-59(53-42-18-11-13-20-46(42)63-54(53)60)37-16-15-17-38(31-37)62-39-22-23-40-41-24-25-48-50(43-19-12-14-21-47(43)64-48)52(41)61(45(40)32-39)49-30-35(26-27-58-49)55(2,3)4;/h11-30,33H,1-10H3;/q-3;. The molecule has 6 aromatic carbocycles. The summed E-state index contributed by atoms with van der Waals surface area (Å²) in [6.07, 6.45) is 1.93. The van der Waals surface area contributed by atoms with Crippen LogP contribution in [0.4, 0.5) is 22.9 Å². The van der Waals surface area contributed by atoms with Crippen molar-refractivity contribution in [3.63, 3.8) is 0 Å². The number of para-hydroxylation sites is 1. The van der Waals surface area contributed by atoms with Crippen LogP contribution in [0.1, 0.15) is 84.6 Å². The molecular weight excluding hydrogens is 1000 g/mol. The van der Waals surface area contributed by atoms with E-state index < -0.39 is 0 Å². The van der Waals surface area contributed by atoms with Gasteiger partial charge < -0.3 is 23.5 Å². The molecule has 5 heterocycles. The van der Waals surface area contributed by atoms with Gasteiger partial charge in [0, 0.05) is 70.0 Å². The zero-order valence-electron chi connectivity index (χ0n) is 38.5. The number of furan rings is 1. The molecule has 0 radical (unpaired) electrons. The number of pyridine rings is 1. The van der Waals surface area contributed by atoms with Crippen molar-refractivity contribution in [3.05, 3.63) is 163 Å². The number of ether oxygens (including phenoxy) is 1. The van der Waals surface area contributed by atoms with Crippen LogP contribution in [0.25, 0.3) is 58.8 Å². The monoisotopic (exact) mass is 1050 g/mol. The number of rotatable bonds is 5. The quantitative estimate of drug-likeness (QED) is 0.161. The van der Waals surface area contributed by atoms with Crippen LogP contribution in [0.3, 0.4) is 0 Å². The molecule has 8 heteroatoms. The molecule has 1 aliphatic heterocycles. The van der Waals surface area contributed by atoms with Crippen molar-refractivity contribution in [2.45, 2.75) is 85.5 Å². The first-order valence-corrected chi connectivity index (χ1v) is 22.9. The third kappa shape index (κ3) is 7.14. The summed E-state index contributed by atoms with van der Waals surface area (Å²) in [7, 11) is 0. The number of benzene rings is 6. The van der Waals surface area contributed by atoms with E-state index >= 15 is 0 Å². The van der Waals surface area contributed by atoms with Gasteiger partial charge in [-0.2, -0.15) is 12.1 Å². The minimum Gasteiger partial charge on any atom is -0.509 e. The van der Waals surface area contributed by atoms with Crippen LogP contribution < -0.4 is 14.5 Å². The molecule has 11 rings (SSSR count). The van der Waals surface area contributed by atoms with E-state index in [1.165, 1.54) is 42.4 Å². The molecule has 0 aliphatic carbocycles. The zero-order valence-corrected chi connectivity index (χ0v) is 41.5. The molecular formula is C57H51N4O2PtS-3. The van der Waals surface area contributed by atoms with Gasteiger partial charge in [-0.1, -0.05) is 116 Å². The summed E-state index contributed by atoms with van der Waals surface area (Å²) in [5, 5.41) is 5.74. The maximum Gasteiger partial charge on any atom is 0.194 e. The van der Waals surface area contributed by atoms with Gasteiger partial charge in [-0.25, -0.2) is 4.98 Å². The van der Waals surface area contributed by atoms with Gasteiger partial charge in [0.05, 0.1) is 11.2 Å². The van der Waals surface area contributed by atoms with Crippen LogP contribution >= 0.6 is 11.3 Å². The van der Waals surface area contributed by atoms with Gasteiger partial charge in [0.15, 0.2) is 5.88 Å². The molecule has 65 heavy (non-hydrogen) atoms. The molecule has 1 aliphatic rings. The fraction of sp³-hybridized carbons (Fsp3) is 0.228. The molecule has 0 atom stereocenters. The van der Waals surface area contributed by atoms with Gasteiger partial charge >= 0.3 is 0 Å². The second kappa shape index (κ2) is 15.4. The number of hydrogen-bond acceptors (Lipinski definition) is 6.